The van der Waals surface area contributed by atoms with Crippen LogP contribution < -0.4 is 10.9 Å². The van der Waals surface area contributed by atoms with Gasteiger partial charge in [0.1, 0.15) is 23.0 Å². The molecule has 1 aromatic rings. The maximum absolute atomic E-state index is 13.4. The minimum absolute atomic E-state index is 0.0336. The largest absolute Gasteiger partial charge is 0.508 e. The Balaban J connectivity index is 1.91. The number of nitrogens with one attached hydrogen (secondary N) is 2. The van der Waals surface area contributed by atoms with Gasteiger partial charge in [0.15, 0.2) is 0 Å². The van der Waals surface area contributed by atoms with Crippen LogP contribution in [0.4, 0.5) is 8.78 Å². The molecule has 0 fully saturated rings. The average Bonchev–Trinajstić information content (AvgIpc) is 2.70. The van der Waals surface area contributed by atoms with Gasteiger partial charge in [0.25, 0.3) is 5.91 Å². The predicted molar refractivity (Wildman–Crippen MR) is 79.1 cm³/mol. The van der Waals surface area contributed by atoms with Crippen molar-refractivity contribution >= 4 is 11.8 Å². The summed E-state index contributed by atoms with van der Waals surface area (Å²) in [6.07, 6.45) is 6.62. The monoisotopic (exact) mass is 320 g/mol. The van der Waals surface area contributed by atoms with E-state index in [1.165, 1.54) is 12.2 Å². The molecular formula is C16H14F2N2O3. The van der Waals surface area contributed by atoms with Gasteiger partial charge in [-0.1, -0.05) is 23.8 Å². The highest BCUT2D eigenvalue weighted by Gasteiger charge is 2.17. The highest BCUT2D eigenvalue weighted by molar-refractivity contribution is 5.96. The number of halogens is 2. The molecule has 120 valence electrons. The molecule has 0 saturated carbocycles. The first-order valence-corrected chi connectivity index (χ1v) is 6.76. The molecule has 2 rings (SSSR count). The molecule has 0 spiro atoms. The van der Waals surface area contributed by atoms with E-state index in [1.54, 1.807) is 12.2 Å². The first-order valence-electron chi connectivity index (χ1n) is 6.76. The number of rotatable bonds is 3. The lowest BCUT2D eigenvalue weighted by molar-refractivity contribution is -0.121. The summed E-state index contributed by atoms with van der Waals surface area (Å²) < 4.78 is 26.8. The number of hydrazine groups is 1. The molecule has 0 aliphatic heterocycles. The van der Waals surface area contributed by atoms with E-state index in [2.05, 4.69) is 5.43 Å². The number of hydrogen-bond acceptors (Lipinski definition) is 3. The normalized spacial score (nSPS) is 13.7. The molecule has 1 aromatic carbocycles. The Kier molecular flexibility index (Phi) is 5.24. The molecule has 0 atom stereocenters. The van der Waals surface area contributed by atoms with Crippen molar-refractivity contribution in [1.82, 2.24) is 10.9 Å². The smallest absolute Gasteiger partial charge is 0.275 e. The van der Waals surface area contributed by atoms with Crippen LogP contribution in [0.25, 0.3) is 0 Å². The van der Waals surface area contributed by atoms with Crippen LogP contribution in [-0.4, -0.2) is 16.9 Å². The maximum atomic E-state index is 13.4. The highest BCUT2D eigenvalue weighted by Crippen LogP contribution is 2.14. The lowest BCUT2D eigenvalue weighted by atomic mass is 10.1. The summed E-state index contributed by atoms with van der Waals surface area (Å²) in [6, 6.07) is 3.03. The summed E-state index contributed by atoms with van der Waals surface area (Å²) >= 11 is 0. The molecule has 0 saturated heterocycles. The van der Waals surface area contributed by atoms with Crippen molar-refractivity contribution in [1.29, 1.82) is 0 Å². The van der Waals surface area contributed by atoms with Gasteiger partial charge in [0.2, 0.25) is 5.91 Å². The summed E-state index contributed by atoms with van der Waals surface area (Å²) in [6.45, 7) is 0. The molecule has 7 heteroatoms. The van der Waals surface area contributed by atoms with E-state index in [0.29, 0.717) is 12.0 Å². The third kappa shape index (κ3) is 4.50. The van der Waals surface area contributed by atoms with Gasteiger partial charge >= 0.3 is 0 Å². The van der Waals surface area contributed by atoms with Gasteiger partial charge in [0.05, 0.1) is 0 Å². The van der Waals surface area contributed by atoms with Gasteiger partial charge in [-0.25, -0.2) is 8.78 Å². The molecule has 5 nitrogen and oxygen atoms in total. The zero-order valence-corrected chi connectivity index (χ0v) is 12.0. The third-order valence-electron chi connectivity index (χ3n) is 3.07. The topological polar surface area (TPSA) is 78.4 Å². The molecule has 3 N–H and O–H groups in total. The van der Waals surface area contributed by atoms with Crippen molar-refractivity contribution < 1.29 is 23.5 Å². The van der Waals surface area contributed by atoms with E-state index in [1.807, 2.05) is 5.43 Å². The molecule has 0 aromatic heterocycles. The molecule has 0 heterocycles. The lowest BCUT2D eigenvalue weighted by Crippen LogP contribution is -2.42. The molecule has 1 aliphatic carbocycles. The zero-order chi connectivity index (χ0) is 16.8. The van der Waals surface area contributed by atoms with E-state index in [4.69, 9.17) is 0 Å². The predicted octanol–water partition coefficient (Wildman–Crippen LogP) is 2.44. The fourth-order valence-corrected chi connectivity index (χ4v) is 1.94. The fraction of sp³-hybridized carbons (Fsp3) is 0.125. The molecule has 23 heavy (non-hydrogen) atoms. The quantitative estimate of drug-likeness (QED) is 0.749. The van der Waals surface area contributed by atoms with E-state index in [0.717, 1.165) is 18.2 Å². The first-order chi connectivity index (χ1) is 11.0. The van der Waals surface area contributed by atoms with Crippen LogP contribution in [0.5, 0.6) is 0 Å². The number of amides is 2. The highest BCUT2D eigenvalue weighted by atomic mass is 19.1. The van der Waals surface area contributed by atoms with Gasteiger partial charge in [-0.3, -0.25) is 20.4 Å². The van der Waals surface area contributed by atoms with E-state index < -0.39 is 29.0 Å². The van der Waals surface area contributed by atoms with Gasteiger partial charge in [0, 0.05) is 6.42 Å². The standard InChI is InChI=1S/C16H14F2N2O3/c17-12-5-2-6-13(18)15(12)16(23)20-19-14(22)9-10-3-1-4-11(21)8-7-10/h1-6,8,21H,7,9H2,(H,19,22)(H,20,23). The number of carbonyl (C=O) groups excluding carboxylic acids is 2. The maximum Gasteiger partial charge on any atom is 0.275 e. The third-order valence-corrected chi connectivity index (χ3v) is 3.07. The van der Waals surface area contributed by atoms with E-state index in [9.17, 15) is 23.5 Å². The number of hydrogen-bond donors (Lipinski definition) is 3. The van der Waals surface area contributed by atoms with Crippen LogP contribution in [0.1, 0.15) is 23.2 Å². The van der Waals surface area contributed by atoms with Crippen molar-refractivity contribution in [3.8, 4) is 0 Å². The fourth-order valence-electron chi connectivity index (χ4n) is 1.94. The van der Waals surface area contributed by atoms with Crippen LogP contribution in [0.3, 0.4) is 0 Å². The second-order valence-electron chi connectivity index (χ2n) is 4.79. The van der Waals surface area contributed by atoms with Crippen molar-refractivity contribution in [2.45, 2.75) is 12.8 Å². The Morgan fingerprint density at radius 2 is 1.87 bits per heavy atom. The number of carbonyl (C=O) groups is 2. The van der Waals surface area contributed by atoms with Crippen molar-refractivity contribution in [2.24, 2.45) is 0 Å². The molecule has 0 bridgehead atoms. The number of aliphatic hydroxyl groups excluding tert-OH is 1. The average molecular weight is 320 g/mol. The van der Waals surface area contributed by atoms with Crippen molar-refractivity contribution in [3.63, 3.8) is 0 Å². The molecule has 0 unspecified atom stereocenters. The van der Waals surface area contributed by atoms with Gasteiger partial charge < -0.3 is 5.11 Å². The Labute approximate surface area is 131 Å². The second kappa shape index (κ2) is 7.35. The van der Waals surface area contributed by atoms with Crippen LogP contribution in [0.2, 0.25) is 0 Å². The second-order valence-corrected chi connectivity index (χ2v) is 4.79. The Hall–Kier alpha value is -2.96. The number of benzene rings is 1. The van der Waals surface area contributed by atoms with E-state index in [-0.39, 0.29) is 12.2 Å². The SMILES string of the molecule is O=C(CC1=CC=CC(O)=CC1)NNC(=O)c1c(F)cccc1F. The lowest BCUT2D eigenvalue weighted by Gasteiger charge is -2.09. The summed E-state index contributed by atoms with van der Waals surface area (Å²) in [5, 5.41) is 9.31. The van der Waals surface area contributed by atoms with Crippen LogP contribution in [-0.2, 0) is 4.79 Å². The Morgan fingerprint density at radius 3 is 2.57 bits per heavy atom. The first kappa shape index (κ1) is 16.4. The summed E-state index contributed by atoms with van der Waals surface area (Å²) in [4.78, 5) is 23.5. The molecule has 1 aliphatic rings. The van der Waals surface area contributed by atoms with Gasteiger partial charge in [-0.15, -0.1) is 0 Å². The van der Waals surface area contributed by atoms with Crippen molar-refractivity contribution in [2.75, 3.05) is 0 Å². The molecule has 2 amide bonds. The summed E-state index contributed by atoms with van der Waals surface area (Å²) in [5.41, 5.74) is 4.00. The summed E-state index contributed by atoms with van der Waals surface area (Å²) in [7, 11) is 0. The molecular weight excluding hydrogens is 306 g/mol. The van der Waals surface area contributed by atoms with Crippen LogP contribution >= 0.6 is 0 Å². The summed E-state index contributed by atoms with van der Waals surface area (Å²) in [5.74, 6) is -3.58. The number of allylic oxidation sites excluding steroid dienone is 4. The minimum atomic E-state index is -1.08. The Morgan fingerprint density at radius 1 is 1.17 bits per heavy atom. The van der Waals surface area contributed by atoms with Crippen LogP contribution in [0.15, 0.2) is 53.8 Å². The minimum Gasteiger partial charge on any atom is -0.508 e. The van der Waals surface area contributed by atoms with Gasteiger partial charge in [-0.2, -0.15) is 0 Å². The van der Waals surface area contributed by atoms with Crippen LogP contribution in [0, 0.1) is 11.6 Å². The Bertz CT molecular complexity index is 701. The van der Waals surface area contributed by atoms with E-state index >= 15 is 0 Å². The zero-order valence-electron chi connectivity index (χ0n) is 12.0. The van der Waals surface area contributed by atoms with Gasteiger partial charge in [-0.05, 0) is 30.7 Å². The van der Waals surface area contributed by atoms with Crippen molar-refractivity contribution in [3.05, 3.63) is 71.0 Å². The number of aliphatic hydroxyl groups is 1. The molecule has 0 radical (unpaired) electrons.